The molecular weight excluding hydrogens is 230 g/mol. The molecule has 0 saturated heterocycles. The maximum absolute atomic E-state index is 5.65. The summed E-state index contributed by atoms with van der Waals surface area (Å²) in [6.07, 6.45) is 0. The minimum Gasteiger partial charge on any atom is -0.325 e. The first-order chi connectivity index (χ1) is 6.24. The Bertz CT molecular complexity index is 447. The van der Waals surface area contributed by atoms with Gasteiger partial charge >= 0.3 is 0 Å². The van der Waals surface area contributed by atoms with Crippen LogP contribution in [0.25, 0.3) is 10.9 Å². The Morgan fingerprint density at radius 1 is 1.54 bits per heavy atom. The molecule has 0 atom stereocenters. The monoisotopic (exact) mass is 239 g/mol. The van der Waals surface area contributed by atoms with Crippen molar-refractivity contribution in [2.45, 2.75) is 6.54 Å². The summed E-state index contributed by atoms with van der Waals surface area (Å²) in [5.41, 5.74) is 7.69. The lowest BCUT2D eigenvalue weighted by molar-refractivity contribution is 0.721. The van der Waals surface area contributed by atoms with Crippen molar-refractivity contribution >= 4 is 26.8 Å². The molecule has 0 bridgehead atoms. The summed E-state index contributed by atoms with van der Waals surface area (Å²) in [6, 6.07) is 5.96. The average molecular weight is 240 g/mol. The van der Waals surface area contributed by atoms with Crippen molar-refractivity contribution in [1.29, 1.82) is 0 Å². The zero-order valence-corrected chi connectivity index (χ0v) is 8.87. The number of hydrogen-bond donors (Lipinski definition) is 1. The van der Waals surface area contributed by atoms with Gasteiger partial charge in [0.25, 0.3) is 0 Å². The first kappa shape index (κ1) is 8.72. The van der Waals surface area contributed by atoms with E-state index >= 15 is 0 Å². The molecule has 4 heteroatoms. The highest BCUT2D eigenvalue weighted by Crippen LogP contribution is 2.25. The maximum Gasteiger partial charge on any atom is 0.0938 e. The van der Waals surface area contributed by atoms with Crippen molar-refractivity contribution in [3.8, 4) is 0 Å². The van der Waals surface area contributed by atoms with E-state index in [0.717, 1.165) is 21.1 Å². The van der Waals surface area contributed by atoms with Gasteiger partial charge in [-0.1, -0.05) is 22.0 Å². The number of hydrogen-bond acceptors (Lipinski definition) is 2. The predicted molar refractivity (Wildman–Crippen MR) is 56.3 cm³/mol. The van der Waals surface area contributed by atoms with Gasteiger partial charge in [-0.2, -0.15) is 5.10 Å². The molecule has 68 valence electrons. The number of nitrogens with two attached hydrogens (primary N) is 1. The summed E-state index contributed by atoms with van der Waals surface area (Å²) < 4.78 is 2.88. The van der Waals surface area contributed by atoms with Gasteiger partial charge < -0.3 is 5.73 Å². The maximum atomic E-state index is 5.65. The first-order valence-electron chi connectivity index (χ1n) is 4.04. The molecule has 0 spiro atoms. The van der Waals surface area contributed by atoms with Crippen molar-refractivity contribution in [2.24, 2.45) is 12.8 Å². The van der Waals surface area contributed by atoms with Crippen LogP contribution in [0.3, 0.4) is 0 Å². The zero-order chi connectivity index (χ0) is 9.42. The highest BCUT2D eigenvalue weighted by atomic mass is 79.9. The smallest absolute Gasteiger partial charge is 0.0938 e. The van der Waals surface area contributed by atoms with Crippen molar-refractivity contribution in [3.63, 3.8) is 0 Å². The Morgan fingerprint density at radius 2 is 2.31 bits per heavy atom. The van der Waals surface area contributed by atoms with Crippen LogP contribution in [-0.4, -0.2) is 9.78 Å². The SMILES string of the molecule is Cn1nc2cccc(Br)c2c1CN. The number of aromatic nitrogens is 2. The van der Waals surface area contributed by atoms with Crippen LogP contribution < -0.4 is 5.73 Å². The second-order valence-electron chi connectivity index (χ2n) is 2.91. The Balaban J connectivity index is 2.88. The Hall–Kier alpha value is -0.870. The molecule has 0 amide bonds. The van der Waals surface area contributed by atoms with Gasteiger partial charge in [0, 0.05) is 23.5 Å². The third kappa shape index (κ3) is 1.26. The molecule has 0 radical (unpaired) electrons. The summed E-state index contributed by atoms with van der Waals surface area (Å²) >= 11 is 3.49. The molecule has 0 fully saturated rings. The number of fused-ring (bicyclic) bond motifs is 1. The molecule has 2 aromatic rings. The average Bonchev–Trinajstić information content (AvgIpc) is 2.42. The van der Waals surface area contributed by atoms with E-state index < -0.39 is 0 Å². The van der Waals surface area contributed by atoms with Gasteiger partial charge in [0.15, 0.2) is 0 Å². The quantitative estimate of drug-likeness (QED) is 0.825. The van der Waals surface area contributed by atoms with Crippen LogP contribution in [0.15, 0.2) is 22.7 Å². The first-order valence-corrected chi connectivity index (χ1v) is 4.83. The van der Waals surface area contributed by atoms with Crippen molar-refractivity contribution in [1.82, 2.24) is 9.78 Å². The molecule has 1 heterocycles. The third-order valence-corrected chi connectivity index (χ3v) is 2.78. The molecule has 0 aliphatic heterocycles. The van der Waals surface area contributed by atoms with E-state index in [9.17, 15) is 0 Å². The van der Waals surface area contributed by atoms with Crippen molar-refractivity contribution in [2.75, 3.05) is 0 Å². The minimum absolute atomic E-state index is 0.510. The summed E-state index contributed by atoms with van der Waals surface area (Å²) in [5.74, 6) is 0. The second kappa shape index (κ2) is 3.12. The van der Waals surface area contributed by atoms with E-state index in [1.807, 2.05) is 29.9 Å². The van der Waals surface area contributed by atoms with Crippen LogP contribution in [0.4, 0.5) is 0 Å². The highest BCUT2D eigenvalue weighted by Gasteiger charge is 2.09. The van der Waals surface area contributed by atoms with Gasteiger partial charge in [0.2, 0.25) is 0 Å². The second-order valence-corrected chi connectivity index (χ2v) is 3.76. The largest absolute Gasteiger partial charge is 0.325 e. The van der Waals surface area contributed by atoms with E-state index in [2.05, 4.69) is 21.0 Å². The van der Waals surface area contributed by atoms with E-state index in [1.165, 1.54) is 0 Å². The van der Waals surface area contributed by atoms with E-state index in [1.54, 1.807) is 0 Å². The van der Waals surface area contributed by atoms with E-state index in [4.69, 9.17) is 5.73 Å². The van der Waals surface area contributed by atoms with Gasteiger partial charge in [-0.15, -0.1) is 0 Å². The lowest BCUT2D eigenvalue weighted by Crippen LogP contribution is -2.04. The van der Waals surface area contributed by atoms with Gasteiger partial charge in [-0.3, -0.25) is 4.68 Å². The topological polar surface area (TPSA) is 43.8 Å². The van der Waals surface area contributed by atoms with Crippen LogP contribution >= 0.6 is 15.9 Å². The molecule has 0 aliphatic rings. The van der Waals surface area contributed by atoms with Crippen LogP contribution in [0, 0.1) is 0 Å². The lowest BCUT2D eigenvalue weighted by atomic mass is 10.2. The number of aryl methyl sites for hydroxylation is 1. The highest BCUT2D eigenvalue weighted by molar-refractivity contribution is 9.10. The Kier molecular flexibility index (Phi) is 2.09. The molecule has 0 aliphatic carbocycles. The molecule has 13 heavy (non-hydrogen) atoms. The number of benzene rings is 1. The molecule has 2 rings (SSSR count). The molecule has 0 saturated carbocycles. The molecular formula is C9H10BrN3. The van der Waals surface area contributed by atoms with E-state index in [0.29, 0.717) is 6.54 Å². The van der Waals surface area contributed by atoms with Crippen molar-refractivity contribution in [3.05, 3.63) is 28.4 Å². The van der Waals surface area contributed by atoms with Crippen LogP contribution in [0.2, 0.25) is 0 Å². The fraction of sp³-hybridized carbons (Fsp3) is 0.222. The normalized spacial score (nSPS) is 11.0. The zero-order valence-electron chi connectivity index (χ0n) is 7.29. The number of rotatable bonds is 1. The Morgan fingerprint density at radius 3 is 3.00 bits per heavy atom. The third-order valence-electron chi connectivity index (χ3n) is 2.12. The predicted octanol–water partition coefficient (Wildman–Crippen LogP) is 1.79. The van der Waals surface area contributed by atoms with Gasteiger partial charge in [0.1, 0.15) is 0 Å². The lowest BCUT2D eigenvalue weighted by Gasteiger charge is -1.98. The molecule has 1 aromatic heterocycles. The molecule has 1 aromatic carbocycles. The molecule has 2 N–H and O–H groups in total. The fourth-order valence-corrected chi connectivity index (χ4v) is 2.08. The standard InChI is InChI=1S/C9H10BrN3/c1-13-8(5-11)9-6(10)3-2-4-7(9)12-13/h2-4H,5,11H2,1H3. The fourth-order valence-electron chi connectivity index (χ4n) is 1.50. The molecule has 0 unspecified atom stereocenters. The summed E-state index contributed by atoms with van der Waals surface area (Å²) in [7, 11) is 1.91. The summed E-state index contributed by atoms with van der Waals surface area (Å²) in [5, 5.41) is 5.47. The van der Waals surface area contributed by atoms with Crippen molar-refractivity contribution < 1.29 is 0 Å². The number of nitrogens with zero attached hydrogens (tertiary/aromatic N) is 2. The Labute approximate surface area is 84.7 Å². The molecule has 3 nitrogen and oxygen atoms in total. The van der Waals surface area contributed by atoms with Crippen LogP contribution in [0.5, 0.6) is 0 Å². The minimum atomic E-state index is 0.510. The van der Waals surface area contributed by atoms with Crippen LogP contribution in [-0.2, 0) is 13.6 Å². The van der Waals surface area contributed by atoms with Crippen LogP contribution in [0.1, 0.15) is 5.69 Å². The van der Waals surface area contributed by atoms with Gasteiger partial charge in [-0.25, -0.2) is 0 Å². The summed E-state index contributed by atoms with van der Waals surface area (Å²) in [6.45, 7) is 0.510. The number of halogens is 1. The van der Waals surface area contributed by atoms with Gasteiger partial charge in [0.05, 0.1) is 11.2 Å². The van der Waals surface area contributed by atoms with Gasteiger partial charge in [-0.05, 0) is 12.1 Å². The summed E-state index contributed by atoms with van der Waals surface area (Å²) in [4.78, 5) is 0. The van der Waals surface area contributed by atoms with E-state index in [-0.39, 0.29) is 0 Å².